The van der Waals surface area contributed by atoms with Gasteiger partial charge >= 0.3 is 0 Å². The Balaban J connectivity index is 1.84. The number of rotatable bonds is 3. The maximum atomic E-state index is 12.6. The van der Waals surface area contributed by atoms with Gasteiger partial charge in [0.2, 0.25) is 0 Å². The van der Waals surface area contributed by atoms with Gasteiger partial charge in [-0.2, -0.15) is 11.8 Å². The van der Waals surface area contributed by atoms with E-state index in [1.165, 1.54) is 0 Å². The number of sulfone groups is 1. The van der Waals surface area contributed by atoms with Gasteiger partial charge in [0.15, 0.2) is 21.3 Å². The summed E-state index contributed by atoms with van der Waals surface area (Å²) in [5.74, 6) is 2.03. The molecule has 0 bridgehead atoms. The second kappa shape index (κ2) is 5.14. The molecule has 2 aromatic carbocycles. The summed E-state index contributed by atoms with van der Waals surface area (Å²) in [6.07, 6.45) is 1.66. The molecule has 2 aromatic rings. The van der Waals surface area contributed by atoms with E-state index >= 15 is 0 Å². The maximum absolute atomic E-state index is 12.6. The molecule has 2 aliphatic heterocycles. The van der Waals surface area contributed by atoms with E-state index in [-0.39, 0.29) is 15.9 Å². The van der Waals surface area contributed by atoms with Gasteiger partial charge in [0.25, 0.3) is 0 Å². The van der Waals surface area contributed by atoms with Gasteiger partial charge in [-0.3, -0.25) is 4.99 Å². The van der Waals surface area contributed by atoms with Gasteiger partial charge in [-0.1, -0.05) is 18.2 Å². The van der Waals surface area contributed by atoms with E-state index in [1.807, 2.05) is 24.3 Å². The molecule has 1 atom stereocenters. The molecule has 2 aliphatic rings. The summed E-state index contributed by atoms with van der Waals surface area (Å²) in [5, 5.41) is 0.215. The fraction of sp³-hybridized carbons (Fsp3) is 0.188. The van der Waals surface area contributed by atoms with Crippen LogP contribution < -0.4 is 4.74 Å². The van der Waals surface area contributed by atoms with E-state index in [2.05, 4.69) is 4.99 Å². The van der Waals surface area contributed by atoms with Crippen molar-refractivity contribution in [2.45, 2.75) is 10.1 Å². The lowest BCUT2D eigenvalue weighted by Gasteiger charge is -2.13. The van der Waals surface area contributed by atoms with Crippen LogP contribution in [0.5, 0.6) is 11.5 Å². The highest BCUT2D eigenvalue weighted by Crippen LogP contribution is 2.40. The Morgan fingerprint density at radius 1 is 1.18 bits per heavy atom. The van der Waals surface area contributed by atoms with Crippen LogP contribution >= 0.6 is 11.8 Å². The van der Waals surface area contributed by atoms with Crippen LogP contribution in [-0.4, -0.2) is 31.4 Å². The van der Waals surface area contributed by atoms with Gasteiger partial charge < -0.3 is 4.74 Å². The number of fused-ring (bicyclic) bond motifs is 2. The van der Waals surface area contributed by atoms with Crippen molar-refractivity contribution >= 4 is 33.5 Å². The summed E-state index contributed by atoms with van der Waals surface area (Å²) in [5.41, 5.74) is 1.38. The Morgan fingerprint density at radius 3 is 2.82 bits per heavy atom. The normalized spacial score (nSPS) is 18.8. The molecule has 0 aromatic heterocycles. The largest absolute Gasteiger partial charge is 0.453 e. The monoisotopic (exact) mass is 331 g/mol. The Kier molecular flexibility index (Phi) is 3.23. The minimum absolute atomic E-state index is 0.163. The van der Waals surface area contributed by atoms with Crippen LogP contribution in [-0.2, 0) is 9.84 Å². The molecule has 1 saturated heterocycles. The smallest absolute Gasteiger partial charge is 0.183 e. The number of hydrogen-bond acceptors (Lipinski definition) is 5. The Labute approximate surface area is 133 Å². The third-order valence-corrected chi connectivity index (χ3v) is 6.59. The van der Waals surface area contributed by atoms with Gasteiger partial charge in [-0.15, -0.1) is 0 Å². The highest BCUT2D eigenvalue weighted by atomic mass is 32.2. The standard InChI is InChI=1S/C16H13NO3S2/c18-22(19,10-12-9-21-12)15-7-3-4-11-8-17-13-5-1-2-6-14(13)20-16(11)15/h1-8,12H,9-10H2. The third-order valence-electron chi connectivity index (χ3n) is 3.57. The van der Waals surface area contributed by atoms with Crippen LogP contribution in [0.2, 0.25) is 0 Å². The average Bonchev–Trinajstić information content (AvgIpc) is 3.31. The van der Waals surface area contributed by atoms with Gasteiger partial charge in [0.05, 0.1) is 5.75 Å². The molecule has 6 heteroatoms. The predicted molar refractivity (Wildman–Crippen MR) is 88.5 cm³/mol. The first-order valence-corrected chi connectivity index (χ1v) is 9.62. The fourth-order valence-electron chi connectivity index (χ4n) is 2.39. The van der Waals surface area contributed by atoms with Crippen LogP contribution in [0.25, 0.3) is 0 Å². The van der Waals surface area contributed by atoms with Crippen molar-refractivity contribution in [3.63, 3.8) is 0 Å². The van der Waals surface area contributed by atoms with Gasteiger partial charge in [-0.05, 0) is 24.3 Å². The van der Waals surface area contributed by atoms with E-state index < -0.39 is 9.84 Å². The lowest BCUT2D eigenvalue weighted by Crippen LogP contribution is -2.12. The number of thioether (sulfide) groups is 1. The van der Waals surface area contributed by atoms with Crippen molar-refractivity contribution in [2.24, 2.45) is 4.99 Å². The fourth-order valence-corrected chi connectivity index (χ4v) is 5.23. The van der Waals surface area contributed by atoms with E-state index in [0.717, 1.165) is 5.75 Å². The predicted octanol–water partition coefficient (Wildman–Crippen LogP) is 3.43. The molecule has 0 radical (unpaired) electrons. The zero-order chi connectivity index (χ0) is 15.2. The lowest BCUT2D eigenvalue weighted by atomic mass is 10.2. The van der Waals surface area contributed by atoms with E-state index in [1.54, 1.807) is 36.2 Å². The summed E-state index contributed by atoms with van der Waals surface area (Å²) < 4.78 is 31.2. The first-order valence-electron chi connectivity index (χ1n) is 6.92. The van der Waals surface area contributed by atoms with Gasteiger partial charge in [-0.25, -0.2) is 8.42 Å². The van der Waals surface area contributed by atoms with E-state index in [9.17, 15) is 8.42 Å². The second-order valence-corrected chi connectivity index (χ2v) is 8.58. The molecule has 22 heavy (non-hydrogen) atoms. The minimum Gasteiger partial charge on any atom is -0.453 e. The number of hydrogen-bond donors (Lipinski definition) is 0. The Bertz CT molecular complexity index is 871. The molecule has 0 amide bonds. The number of benzene rings is 2. The number of aliphatic imine (C=N–C) groups is 1. The van der Waals surface area contributed by atoms with E-state index in [4.69, 9.17) is 4.74 Å². The first kappa shape index (κ1) is 13.8. The van der Waals surface area contributed by atoms with Crippen molar-refractivity contribution in [3.05, 3.63) is 48.0 Å². The summed E-state index contributed by atoms with van der Waals surface area (Å²) in [4.78, 5) is 4.63. The number of ether oxygens (including phenoxy) is 1. The zero-order valence-electron chi connectivity index (χ0n) is 11.6. The topological polar surface area (TPSA) is 55.7 Å². The molecular formula is C16H13NO3S2. The summed E-state index contributed by atoms with van der Waals surface area (Å²) in [6, 6.07) is 12.5. The minimum atomic E-state index is -3.36. The SMILES string of the molecule is O=S(=O)(CC1CS1)c1cccc2c1Oc1ccccc1N=C2. The van der Waals surface area contributed by atoms with Crippen LogP contribution in [0.4, 0.5) is 5.69 Å². The number of nitrogens with zero attached hydrogens (tertiary/aromatic N) is 1. The second-order valence-electron chi connectivity index (χ2n) is 5.24. The van der Waals surface area contributed by atoms with Crippen LogP contribution in [0, 0.1) is 0 Å². The van der Waals surface area contributed by atoms with Crippen LogP contribution in [0.3, 0.4) is 0 Å². The molecule has 0 saturated carbocycles. The molecule has 0 N–H and O–H groups in total. The molecule has 4 nitrogen and oxygen atoms in total. The first-order chi connectivity index (χ1) is 10.6. The van der Waals surface area contributed by atoms with Crippen molar-refractivity contribution in [3.8, 4) is 11.5 Å². The van der Waals surface area contributed by atoms with Gasteiger partial charge in [0.1, 0.15) is 10.6 Å². The molecule has 1 fully saturated rings. The van der Waals surface area contributed by atoms with Crippen molar-refractivity contribution in [1.82, 2.24) is 0 Å². The highest BCUT2D eigenvalue weighted by molar-refractivity contribution is 8.08. The third kappa shape index (κ3) is 2.53. The molecule has 4 rings (SSSR count). The number of para-hydroxylation sites is 3. The summed E-state index contributed by atoms with van der Waals surface area (Å²) in [7, 11) is -3.36. The van der Waals surface area contributed by atoms with Crippen molar-refractivity contribution in [2.75, 3.05) is 11.5 Å². The molecule has 112 valence electrons. The molecular weight excluding hydrogens is 318 g/mol. The summed E-state index contributed by atoms with van der Waals surface area (Å²) >= 11 is 1.67. The van der Waals surface area contributed by atoms with Crippen molar-refractivity contribution < 1.29 is 13.2 Å². The lowest BCUT2D eigenvalue weighted by molar-refractivity contribution is 0.469. The molecule has 1 unspecified atom stereocenters. The molecule has 2 heterocycles. The van der Waals surface area contributed by atoms with Crippen LogP contribution in [0.15, 0.2) is 52.4 Å². The van der Waals surface area contributed by atoms with Crippen LogP contribution in [0.1, 0.15) is 5.56 Å². The Morgan fingerprint density at radius 2 is 2.00 bits per heavy atom. The van der Waals surface area contributed by atoms with Gasteiger partial charge in [0, 0.05) is 22.8 Å². The molecule has 0 aliphatic carbocycles. The highest BCUT2D eigenvalue weighted by Gasteiger charge is 2.32. The quantitative estimate of drug-likeness (QED) is 0.690. The van der Waals surface area contributed by atoms with Crippen molar-refractivity contribution in [1.29, 1.82) is 0 Å². The Hall–Kier alpha value is -1.79. The zero-order valence-corrected chi connectivity index (χ0v) is 13.2. The maximum Gasteiger partial charge on any atom is 0.183 e. The summed E-state index contributed by atoms with van der Waals surface area (Å²) in [6.45, 7) is 0. The van der Waals surface area contributed by atoms with E-state index in [0.29, 0.717) is 22.7 Å². The average molecular weight is 331 g/mol. The molecule has 0 spiro atoms.